The van der Waals surface area contributed by atoms with Crippen LogP contribution in [0, 0.1) is 0 Å². The van der Waals surface area contributed by atoms with Gasteiger partial charge in [0.2, 0.25) is 10.0 Å². The molecule has 0 amide bonds. The number of halogens is 1. The molecule has 0 unspecified atom stereocenters. The van der Waals surface area contributed by atoms with Gasteiger partial charge in [0, 0.05) is 18.7 Å². The largest absolute Gasteiger partial charge is 0.495 e. The summed E-state index contributed by atoms with van der Waals surface area (Å²) in [7, 11) is -1.99. The normalized spacial score (nSPS) is 21.3. The molecule has 0 N–H and O–H groups in total. The lowest BCUT2D eigenvalue weighted by Crippen LogP contribution is -2.41. The van der Waals surface area contributed by atoms with Crippen molar-refractivity contribution in [1.29, 1.82) is 0 Å². The summed E-state index contributed by atoms with van der Waals surface area (Å²) >= 11 is 5.93. The highest BCUT2D eigenvalue weighted by atomic mass is 35.5. The predicted octanol–water partition coefficient (Wildman–Crippen LogP) is 2.91. The summed E-state index contributed by atoms with van der Waals surface area (Å²) in [5, 5.41) is 0.410. The van der Waals surface area contributed by atoms with Gasteiger partial charge in [-0.2, -0.15) is 4.31 Å². The Bertz CT molecular complexity index is 559. The van der Waals surface area contributed by atoms with Crippen molar-refractivity contribution in [3.63, 3.8) is 0 Å². The number of sulfonamides is 1. The Hall–Kier alpha value is -0.780. The molecule has 2 rings (SSSR count). The number of hydrogen-bond donors (Lipinski definition) is 0. The van der Waals surface area contributed by atoms with E-state index in [0.717, 1.165) is 19.3 Å². The molecule has 6 heteroatoms. The van der Waals surface area contributed by atoms with Crippen LogP contribution in [0.1, 0.15) is 26.2 Å². The minimum Gasteiger partial charge on any atom is -0.495 e. The number of benzene rings is 1. The molecule has 4 nitrogen and oxygen atoms in total. The molecule has 1 saturated heterocycles. The zero-order chi connectivity index (χ0) is 14.0. The van der Waals surface area contributed by atoms with Crippen molar-refractivity contribution < 1.29 is 13.2 Å². The maximum absolute atomic E-state index is 12.6. The lowest BCUT2D eigenvalue weighted by molar-refractivity contribution is 0.268. The van der Waals surface area contributed by atoms with Gasteiger partial charge in [-0.1, -0.05) is 18.0 Å². The van der Waals surface area contributed by atoms with E-state index in [1.165, 1.54) is 19.2 Å². The number of nitrogens with zero attached hydrogens (tertiary/aromatic N) is 1. The van der Waals surface area contributed by atoms with Crippen LogP contribution >= 0.6 is 11.6 Å². The summed E-state index contributed by atoms with van der Waals surface area (Å²) in [6.07, 6.45) is 2.90. The van der Waals surface area contributed by atoms with Crippen molar-refractivity contribution in [2.24, 2.45) is 0 Å². The summed E-state index contributed by atoms with van der Waals surface area (Å²) in [5.74, 6) is 0.382. The van der Waals surface area contributed by atoms with Crippen molar-refractivity contribution >= 4 is 21.6 Å². The molecule has 19 heavy (non-hydrogen) atoms. The lowest BCUT2D eigenvalue weighted by Gasteiger charge is -2.32. The smallest absolute Gasteiger partial charge is 0.243 e. The molecule has 1 atom stereocenters. The van der Waals surface area contributed by atoms with E-state index in [0.29, 0.717) is 17.3 Å². The highest BCUT2D eigenvalue weighted by Crippen LogP contribution is 2.30. The molecule has 0 aromatic heterocycles. The van der Waals surface area contributed by atoms with Crippen LogP contribution in [0.4, 0.5) is 0 Å². The number of piperidine rings is 1. The Morgan fingerprint density at radius 3 is 2.74 bits per heavy atom. The second-order valence-electron chi connectivity index (χ2n) is 4.76. The third kappa shape index (κ3) is 2.88. The second kappa shape index (κ2) is 5.69. The average Bonchev–Trinajstić information content (AvgIpc) is 2.39. The maximum Gasteiger partial charge on any atom is 0.243 e. The van der Waals surface area contributed by atoms with Crippen LogP contribution in [0.25, 0.3) is 0 Å². The fraction of sp³-hybridized carbons (Fsp3) is 0.538. The molecule has 0 aliphatic carbocycles. The lowest BCUT2D eigenvalue weighted by atomic mass is 10.1. The minimum absolute atomic E-state index is 0.0421. The minimum atomic E-state index is -3.47. The molecule has 1 fully saturated rings. The van der Waals surface area contributed by atoms with Crippen LogP contribution < -0.4 is 4.74 Å². The van der Waals surface area contributed by atoms with E-state index >= 15 is 0 Å². The van der Waals surface area contributed by atoms with Gasteiger partial charge in [-0.15, -0.1) is 0 Å². The van der Waals surface area contributed by atoms with Crippen LogP contribution in [0.3, 0.4) is 0 Å². The van der Waals surface area contributed by atoms with Crippen LogP contribution in [-0.4, -0.2) is 32.4 Å². The first-order valence-electron chi connectivity index (χ1n) is 6.32. The van der Waals surface area contributed by atoms with E-state index in [2.05, 4.69) is 0 Å². The summed E-state index contributed by atoms with van der Waals surface area (Å²) < 4.78 is 31.9. The molecule has 1 aromatic carbocycles. The Labute approximate surface area is 119 Å². The molecule has 0 saturated carbocycles. The van der Waals surface area contributed by atoms with Crippen molar-refractivity contribution in [3.05, 3.63) is 23.2 Å². The van der Waals surface area contributed by atoms with E-state index in [1.54, 1.807) is 10.4 Å². The molecule has 0 radical (unpaired) electrons. The summed E-state index contributed by atoms with van der Waals surface area (Å²) in [4.78, 5) is 0.238. The van der Waals surface area contributed by atoms with Crippen molar-refractivity contribution in [3.8, 4) is 5.75 Å². The fourth-order valence-electron chi connectivity index (χ4n) is 2.36. The summed E-state index contributed by atoms with van der Waals surface area (Å²) in [6.45, 7) is 2.53. The van der Waals surface area contributed by atoms with Gasteiger partial charge in [0.05, 0.1) is 17.0 Å². The van der Waals surface area contributed by atoms with Crippen LogP contribution in [0.15, 0.2) is 23.1 Å². The molecule has 1 aliphatic rings. The Kier molecular flexibility index (Phi) is 4.38. The van der Waals surface area contributed by atoms with Crippen molar-refractivity contribution in [1.82, 2.24) is 4.31 Å². The molecule has 1 aliphatic heterocycles. The van der Waals surface area contributed by atoms with E-state index in [4.69, 9.17) is 16.3 Å². The zero-order valence-corrected chi connectivity index (χ0v) is 12.7. The fourth-order valence-corrected chi connectivity index (χ4v) is 4.27. The summed E-state index contributed by atoms with van der Waals surface area (Å²) in [6, 6.07) is 4.61. The molecule has 0 spiro atoms. The first-order chi connectivity index (χ1) is 8.96. The van der Waals surface area contributed by atoms with Gasteiger partial charge >= 0.3 is 0 Å². The van der Waals surface area contributed by atoms with E-state index in [-0.39, 0.29) is 10.9 Å². The van der Waals surface area contributed by atoms with E-state index in [1.807, 2.05) is 6.92 Å². The summed E-state index contributed by atoms with van der Waals surface area (Å²) in [5.41, 5.74) is 0. The number of methoxy groups -OCH3 is 1. The van der Waals surface area contributed by atoms with Crippen LogP contribution in [0.5, 0.6) is 5.75 Å². The highest BCUT2D eigenvalue weighted by molar-refractivity contribution is 7.89. The number of rotatable bonds is 3. The number of hydrogen-bond acceptors (Lipinski definition) is 3. The first kappa shape index (κ1) is 14.6. The molecular formula is C13H18ClNO3S. The quantitative estimate of drug-likeness (QED) is 0.862. The second-order valence-corrected chi connectivity index (χ2v) is 7.05. The molecule has 1 aromatic rings. The van der Waals surface area contributed by atoms with E-state index < -0.39 is 10.0 Å². The zero-order valence-electron chi connectivity index (χ0n) is 11.1. The first-order valence-corrected chi connectivity index (χ1v) is 8.14. The third-order valence-electron chi connectivity index (χ3n) is 3.47. The monoisotopic (exact) mass is 303 g/mol. The third-order valence-corrected chi connectivity index (χ3v) is 5.79. The molecule has 0 bridgehead atoms. The van der Waals surface area contributed by atoms with Crippen molar-refractivity contribution in [2.75, 3.05) is 13.7 Å². The van der Waals surface area contributed by atoms with Crippen molar-refractivity contribution in [2.45, 2.75) is 37.1 Å². The van der Waals surface area contributed by atoms with Crippen LogP contribution in [-0.2, 0) is 10.0 Å². The van der Waals surface area contributed by atoms with Crippen LogP contribution in [0.2, 0.25) is 5.02 Å². The predicted molar refractivity (Wildman–Crippen MR) is 75.2 cm³/mol. The average molecular weight is 304 g/mol. The van der Waals surface area contributed by atoms with E-state index in [9.17, 15) is 8.42 Å². The SMILES string of the molecule is COc1cc(S(=O)(=O)N2CCCC[C@@H]2C)ccc1Cl. The standard InChI is InChI=1S/C13H18ClNO3S/c1-10-5-3-4-8-15(10)19(16,17)11-6-7-12(14)13(9-11)18-2/h6-7,9-10H,3-5,8H2,1-2H3/t10-/m0/s1. The van der Waals surface area contributed by atoms with Gasteiger partial charge in [0.15, 0.2) is 0 Å². The van der Waals surface area contributed by atoms with Gasteiger partial charge in [-0.05, 0) is 31.9 Å². The Balaban J connectivity index is 2.38. The molecule has 1 heterocycles. The topological polar surface area (TPSA) is 46.6 Å². The van der Waals surface area contributed by atoms with Gasteiger partial charge in [0.1, 0.15) is 5.75 Å². The molecule has 106 valence electrons. The highest BCUT2D eigenvalue weighted by Gasteiger charge is 2.31. The Morgan fingerprint density at radius 2 is 2.11 bits per heavy atom. The van der Waals surface area contributed by atoms with Gasteiger partial charge in [-0.25, -0.2) is 8.42 Å². The Morgan fingerprint density at radius 1 is 1.37 bits per heavy atom. The van der Waals surface area contributed by atoms with Gasteiger partial charge in [0.25, 0.3) is 0 Å². The number of ether oxygens (including phenoxy) is 1. The maximum atomic E-state index is 12.6. The molecular weight excluding hydrogens is 286 g/mol. The van der Waals surface area contributed by atoms with Gasteiger partial charge in [-0.3, -0.25) is 0 Å². The van der Waals surface area contributed by atoms with Gasteiger partial charge < -0.3 is 4.74 Å².